The Morgan fingerprint density at radius 3 is 2.38 bits per heavy atom. The molecule has 9 heteroatoms. The minimum atomic E-state index is 0.351. The largest absolute Gasteiger partial charge is 0.369 e. The summed E-state index contributed by atoms with van der Waals surface area (Å²) in [5.41, 5.74) is 3.60. The van der Waals surface area contributed by atoms with Crippen LogP contribution in [0.2, 0.25) is 15.1 Å². The number of nitrogens with zero attached hydrogens (tertiary/aromatic N) is 5. The molecule has 3 heterocycles. The number of H-pyrrole nitrogens is 1. The van der Waals surface area contributed by atoms with Gasteiger partial charge in [0.05, 0.1) is 26.3 Å². The first kappa shape index (κ1) is 18.7. The molecule has 0 bridgehead atoms. The second-order valence-corrected chi connectivity index (χ2v) is 8.19. The van der Waals surface area contributed by atoms with Crippen LogP contribution in [0.5, 0.6) is 0 Å². The SMILES string of the molecule is Clc1cc2c(c(Cl)c1Cl)c(N1CCCCC1)c(-c1nn[nH]n1)n2-c1ccccc1. The van der Waals surface area contributed by atoms with Gasteiger partial charge in [-0.05, 0) is 42.7 Å². The number of piperidine rings is 1. The zero-order chi connectivity index (χ0) is 20.0. The second kappa shape index (κ2) is 7.52. The summed E-state index contributed by atoms with van der Waals surface area (Å²) in [6.07, 6.45) is 3.44. The van der Waals surface area contributed by atoms with E-state index >= 15 is 0 Å². The molecule has 1 aliphatic heterocycles. The van der Waals surface area contributed by atoms with Crippen LogP contribution in [0.3, 0.4) is 0 Å². The fraction of sp³-hybridized carbons (Fsp3) is 0.250. The molecule has 0 radical (unpaired) electrons. The van der Waals surface area contributed by atoms with Crippen molar-refractivity contribution >= 4 is 51.4 Å². The molecule has 29 heavy (non-hydrogen) atoms. The molecule has 0 aliphatic carbocycles. The van der Waals surface area contributed by atoms with Crippen molar-refractivity contribution in [1.29, 1.82) is 0 Å². The quantitative estimate of drug-likeness (QED) is 0.405. The number of benzene rings is 2. The summed E-state index contributed by atoms with van der Waals surface area (Å²) >= 11 is 19.7. The fourth-order valence-electron chi connectivity index (χ4n) is 4.07. The van der Waals surface area contributed by atoms with E-state index in [0.29, 0.717) is 20.9 Å². The third-order valence-electron chi connectivity index (χ3n) is 5.31. The highest BCUT2D eigenvalue weighted by Gasteiger charge is 2.30. The summed E-state index contributed by atoms with van der Waals surface area (Å²) in [4.78, 5) is 2.34. The summed E-state index contributed by atoms with van der Waals surface area (Å²) in [6, 6.07) is 11.9. The van der Waals surface area contributed by atoms with E-state index in [1.54, 1.807) is 0 Å². The Balaban J connectivity index is 1.95. The smallest absolute Gasteiger partial charge is 0.223 e. The molecule has 0 spiro atoms. The predicted molar refractivity (Wildman–Crippen MR) is 118 cm³/mol. The summed E-state index contributed by atoms with van der Waals surface area (Å²) in [5, 5.41) is 17.0. The Morgan fingerprint density at radius 2 is 1.69 bits per heavy atom. The molecule has 0 saturated carbocycles. The number of hydrogen-bond acceptors (Lipinski definition) is 4. The lowest BCUT2D eigenvalue weighted by atomic mass is 10.1. The molecular weight excluding hydrogens is 431 g/mol. The first-order valence-electron chi connectivity index (χ1n) is 9.43. The lowest BCUT2D eigenvalue weighted by Crippen LogP contribution is -2.29. The number of tetrazole rings is 1. The van der Waals surface area contributed by atoms with Crippen molar-refractivity contribution in [3.8, 4) is 17.2 Å². The summed E-state index contributed by atoms with van der Waals surface area (Å²) < 4.78 is 2.08. The van der Waals surface area contributed by atoms with E-state index in [1.807, 2.05) is 36.4 Å². The number of aromatic amines is 1. The average molecular weight is 448 g/mol. The normalized spacial score (nSPS) is 14.7. The summed E-state index contributed by atoms with van der Waals surface area (Å²) in [6.45, 7) is 1.85. The van der Waals surface area contributed by atoms with Crippen LogP contribution in [0.25, 0.3) is 28.1 Å². The van der Waals surface area contributed by atoms with Crippen LogP contribution in [0.1, 0.15) is 19.3 Å². The highest BCUT2D eigenvalue weighted by molar-refractivity contribution is 6.51. The number of halogens is 3. The van der Waals surface area contributed by atoms with Crippen molar-refractivity contribution < 1.29 is 0 Å². The van der Waals surface area contributed by atoms with Crippen LogP contribution in [0.15, 0.2) is 36.4 Å². The van der Waals surface area contributed by atoms with E-state index < -0.39 is 0 Å². The number of fused-ring (bicyclic) bond motifs is 1. The van der Waals surface area contributed by atoms with E-state index in [1.165, 1.54) is 6.42 Å². The molecule has 0 atom stereocenters. The van der Waals surface area contributed by atoms with Gasteiger partial charge in [-0.1, -0.05) is 53.0 Å². The number of hydrogen-bond donors (Lipinski definition) is 1. The van der Waals surface area contributed by atoms with E-state index in [9.17, 15) is 0 Å². The minimum absolute atomic E-state index is 0.351. The zero-order valence-electron chi connectivity index (χ0n) is 15.4. The highest BCUT2D eigenvalue weighted by Crippen LogP contribution is 2.48. The van der Waals surface area contributed by atoms with Crippen molar-refractivity contribution in [1.82, 2.24) is 25.2 Å². The molecule has 1 N–H and O–H groups in total. The van der Waals surface area contributed by atoms with E-state index in [-0.39, 0.29) is 0 Å². The lowest BCUT2D eigenvalue weighted by Gasteiger charge is -2.29. The molecule has 4 aromatic rings. The molecular formula is C20H17Cl3N6. The van der Waals surface area contributed by atoms with Crippen LogP contribution in [-0.4, -0.2) is 38.3 Å². The second-order valence-electron chi connectivity index (χ2n) is 7.03. The summed E-state index contributed by atoms with van der Waals surface area (Å²) in [5.74, 6) is 0.494. The molecule has 1 saturated heterocycles. The standard InChI is InChI=1S/C20H17Cl3N6/c21-13-11-14-15(17(23)16(13)22)18(28-9-5-2-6-10-28)19(20-24-26-27-25-20)29(14)12-7-3-1-4-8-12/h1,3-4,7-8,11H,2,5-6,9-10H2,(H,24,25,26,27). The third kappa shape index (κ3) is 3.06. The Labute approximate surface area is 182 Å². The van der Waals surface area contributed by atoms with Crippen molar-refractivity contribution in [2.24, 2.45) is 0 Å². The molecule has 0 amide bonds. The van der Waals surface area contributed by atoms with Crippen molar-refractivity contribution in [2.45, 2.75) is 19.3 Å². The van der Waals surface area contributed by atoms with Gasteiger partial charge >= 0.3 is 0 Å². The monoisotopic (exact) mass is 446 g/mol. The molecule has 6 nitrogen and oxygen atoms in total. The number of nitrogens with one attached hydrogen (secondary N) is 1. The number of para-hydroxylation sites is 1. The maximum absolute atomic E-state index is 6.77. The van der Waals surface area contributed by atoms with Crippen molar-refractivity contribution in [3.05, 3.63) is 51.5 Å². The van der Waals surface area contributed by atoms with Crippen LogP contribution < -0.4 is 4.90 Å². The molecule has 1 fully saturated rings. The lowest BCUT2D eigenvalue weighted by molar-refractivity contribution is 0.579. The molecule has 0 unspecified atom stereocenters. The topological polar surface area (TPSA) is 62.6 Å². The van der Waals surface area contributed by atoms with Crippen LogP contribution >= 0.6 is 34.8 Å². The maximum atomic E-state index is 6.77. The Kier molecular flexibility index (Phi) is 4.86. The van der Waals surface area contributed by atoms with Crippen molar-refractivity contribution in [3.63, 3.8) is 0 Å². The third-order valence-corrected chi connectivity index (χ3v) is 6.57. The zero-order valence-corrected chi connectivity index (χ0v) is 17.6. The van der Waals surface area contributed by atoms with E-state index in [4.69, 9.17) is 34.8 Å². The maximum Gasteiger partial charge on any atom is 0.223 e. The van der Waals surface area contributed by atoms with Crippen LogP contribution in [-0.2, 0) is 0 Å². The van der Waals surface area contributed by atoms with Gasteiger partial charge in [-0.2, -0.15) is 5.21 Å². The molecule has 148 valence electrons. The van der Waals surface area contributed by atoms with Gasteiger partial charge in [-0.3, -0.25) is 0 Å². The molecule has 2 aromatic carbocycles. The molecule has 5 rings (SSSR count). The fourth-order valence-corrected chi connectivity index (χ4v) is 4.75. The van der Waals surface area contributed by atoms with Crippen LogP contribution in [0, 0.1) is 0 Å². The van der Waals surface area contributed by atoms with Gasteiger partial charge in [0.1, 0.15) is 5.69 Å². The number of aromatic nitrogens is 5. The van der Waals surface area contributed by atoms with E-state index in [0.717, 1.165) is 53.9 Å². The van der Waals surface area contributed by atoms with Gasteiger partial charge in [0.15, 0.2) is 0 Å². The highest BCUT2D eigenvalue weighted by atomic mass is 35.5. The van der Waals surface area contributed by atoms with Crippen molar-refractivity contribution in [2.75, 3.05) is 18.0 Å². The van der Waals surface area contributed by atoms with Gasteiger partial charge in [-0.25, -0.2) is 0 Å². The van der Waals surface area contributed by atoms with Gasteiger partial charge in [-0.15, -0.1) is 10.2 Å². The molecule has 1 aliphatic rings. The van der Waals surface area contributed by atoms with Gasteiger partial charge in [0, 0.05) is 24.2 Å². The Morgan fingerprint density at radius 1 is 0.931 bits per heavy atom. The van der Waals surface area contributed by atoms with Crippen LogP contribution in [0.4, 0.5) is 5.69 Å². The van der Waals surface area contributed by atoms with E-state index in [2.05, 4.69) is 30.1 Å². The first-order chi connectivity index (χ1) is 14.2. The Bertz CT molecular complexity index is 1160. The number of anilines is 1. The molecule has 2 aromatic heterocycles. The first-order valence-corrected chi connectivity index (χ1v) is 10.6. The Hall–Kier alpha value is -2.28. The average Bonchev–Trinajstić information content (AvgIpc) is 3.39. The van der Waals surface area contributed by atoms with Gasteiger partial charge in [0.25, 0.3) is 0 Å². The number of rotatable bonds is 3. The van der Waals surface area contributed by atoms with Gasteiger partial charge in [0.2, 0.25) is 5.82 Å². The summed E-state index contributed by atoms with van der Waals surface area (Å²) in [7, 11) is 0. The minimum Gasteiger partial charge on any atom is -0.369 e. The van der Waals surface area contributed by atoms with Gasteiger partial charge < -0.3 is 9.47 Å². The predicted octanol–water partition coefficient (Wildman–Crippen LogP) is 5.76.